The Kier molecular flexibility index (Phi) is 5.72. The molecule has 0 saturated carbocycles. The summed E-state index contributed by atoms with van der Waals surface area (Å²) in [4.78, 5) is 24.0. The van der Waals surface area contributed by atoms with Gasteiger partial charge in [0.2, 0.25) is 0 Å². The molecule has 0 atom stereocenters. The summed E-state index contributed by atoms with van der Waals surface area (Å²) in [5.41, 5.74) is 2.40. The van der Waals surface area contributed by atoms with Crippen molar-refractivity contribution in [3.8, 4) is 22.7 Å². The molecule has 0 aliphatic rings. The number of methoxy groups -OCH3 is 1. The Morgan fingerprint density at radius 2 is 1.97 bits per heavy atom. The van der Waals surface area contributed by atoms with E-state index in [9.17, 15) is 14.9 Å². The number of para-hydroxylation sites is 1. The quantitative estimate of drug-likeness (QED) is 0.169. The van der Waals surface area contributed by atoms with Crippen LogP contribution in [-0.2, 0) is 0 Å². The zero-order valence-corrected chi connectivity index (χ0v) is 17.3. The summed E-state index contributed by atoms with van der Waals surface area (Å²) >= 11 is 1.37. The van der Waals surface area contributed by atoms with Crippen molar-refractivity contribution in [2.75, 3.05) is 7.11 Å². The second-order valence-electron chi connectivity index (χ2n) is 6.53. The highest BCUT2D eigenvalue weighted by atomic mass is 32.1. The minimum Gasteiger partial charge on any atom is -0.490 e. The number of aromatic nitrogens is 2. The van der Waals surface area contributed by atoms with Crippen LogP contribution in [0.25, 0.3) is 23.0 Å². The van der Waals surface area contributed by atoms with Gasteiger partial charge < -0.3 is 4.74 Å². The molecule has 0 spiro atoms. The third-order valence-electron chi connectivity index (χ3n) is 4.59. The highest BCUT2D eigenvalue weighted by Gasteiger charge is 2.19. The number of rotatable bonds is 7. The molecule has 7 nitrogen and oxygen atoms in total. The van der Waals surface area contributed by atoms with E-state index in [0.717, 1.165) is 5.69 Å². The zero-order chi connectivity index (χ0) is 21.8. The Bertz CT molecular complexity index is 1260. The maximum Gasteiger partial charge on any atom is 0.311 e. The van der Waals surface area contributed by atoms with Gasteiger partial charge in [0.1, 0.15) is 5.69 Å². The number of carbonyl (C=O) groups is 1. The molecule has 0 bridgehead atoms. The summed E-state index contributed by atoms with van der Waals surface area (Å²) in [7, 11) is 1.39. The number of ether oxygens (including phenoxy) is 1. The van der Waals surface area contributed by atoms with Gasteiger partial charge in [-0.1, -0.05) is 24.3 Å². The van der Waals surface area contributed by atoms with Crippen molar-refractivity contribution in [1.29, 1.82) is 0 Å². The van der Waals surface area contributed by atoms with E-state index in [0.29, 0.717) is 21.7 Å². The molecule has 0 unspecified atom stereocenters. The first kappa shape index (κ1) is 20.2. The van der Waals surface area contributed by atoms with Crippen molar-refractivity contribution in [2.45, 2.75) is 0 Å². The third-order valence-corrected chi connectivity index (χ3v) is 5.47. The van der Waals surface area contributed by atoms with Crippen molar-refractivity contribution in [1.82, 2.24) is 9.78 Å². The van der Waals surface area contributed by atoms with Gasteiger partial charge >= 0.3 is 5.69 Å². The van der Waals surface area contributed by atoms with Crippen LogP contribution in [0.15, 0.2) is 78.3 Å². The topological polar surface area (TPSA) is 87.3 Å². The molecule has 4 rings (SSSR count). The predicted molar refractivity (Wildman–Crippen MR) is 120 cm³/mol. The molecular formula is C23H17N3O4S. The molecule has 8 heteroatoms. The fraction of sp³-hybridized carbons (Fsp3) is 0.0435. The summed E-state index contributed by atoms with van der Waals surface area (Å²) < 4.78 is 6.78. The van der Waals surface area contributed by atoms with E-state index in [1.807, 2.05) is 41.8 Å². The van der Waals surface area contributed by atoms with Gasteiger partial charge in [-0.2, -0.15) is 5.10 Å². The Morgan fingerprint density at radius 1 is 1.16 bits per heavy atom. The third kappa shape index (κ3) is 4.29. The first-order valence-electron chi connectivity index (χ1n) is 9.30. The highest BCUT2D eigenvalue weighted by Crippen LogP contribution is 2.33. The molecule has 4 aromatic rings. The molecule has 0 fully saturated rings. The maximum atomic E-state index is 12.4. The summed E-state index contributed by atoms with van der Waals surface area (Å²) in [5, 5.41) is 17.9. The maximum absolute atomic E-state index is 12.4. The number of nitrogens with zero attached hydrogens (tertiary/aromatic N) is 3. The monoisotopic (exact) mass is 431 g/mol. The van der Waals surface area contributed by atoms with E-state index in [-0.39, 0.29) is 17.2 Å². The Balaban J connectivity index is 1.80. The average Bonchev–Trinajstić information content (AvgIpc) is 3.48. The summed E-state index contributed by atoms with van der Waals surface area (Å²) in [6.07, 6.45) is 4.96. The van der Waals surface area contributed by atoms with Crippen LogP contribution >= 0.6 is 11.3 Å². The predicted octanol–water partition coefficient (Wildman–Crippen LogP) is 5.41. The largest absolute Gasteiger partial charge is 0.490 e. The summed E-state index contributed by atoms with van der Waals surface area (Å²) in [6, 6.07) is 17.8. The minimum absolute atomic E-state index is 0.117. The molecule has 2 aromatic heterocycles. The highest BCUT2D eigenvalue weighted by molar-refractivity contribution is 7.12. The average molecular weight is 431 g/mol. The fourth-order valence-electron chi connectivity index (χ4n) is 3.09. The van der Waals surface area contributed by atoms with Gasteiger partial charge in [0, 0.05) is 23.4 Å². The van der Waals surface area contributed by atoms with Crippen molar-refractivity contribution in [3.05, 3.63) is 98.9 Å². The van der Waals surface area contributed by atoms with Gasteiger partial charge in [0.15, 0.2) is 11.5 Å². The lowest BCUT2D eigenvalue weighted by Crippen LogP contribution is -1.96. The second kappa shape index (κ2) is 8.76. The summed E-state index contributed by atoms with van der Waals surface area (Å²) in [5.74, 6) is 0.0512. The minimum atomic E-state index is -0.494. The van der Waals surface area contributed by atoms with E-state index >= 15 is 0 Å². The standard InChI is InChI=1S/C23H17N3O4S/c1-30-21-12-10-16(14-19(21)26(28)29)23-17(9-11-20(27)22-8-5-13-31-22)15-25(24-23)18-6-3-2-4-7-18/h2-15H,1H3/b11-9-. The van der Waals surface area contributed by atoms with Crippen LogP contribution < -0.4 is 4.74 Å². The Labute approximate surface area is 182 Å². The molecule has 0 amide bonds. The number of nitro groups is 1. The van der Waals surface area contributed by atoms with Crippen molar-refractivity contribution < 1.29 is 14.5 Å². The molecule has 2 aromatic carbocycles. The number of hydrogen-bond acceptors (Lipinski definition) is 6. The smallest absolute Gasteiger partial charge is 0.311 e. The molecule has 0 saturated heterocycles. The lowest BCUT2D eigenvalue weighted by molar-refractivity contribution is -0.385. The lowest BCUT2D eigenvalue weighted by Gasteiger charge is -2.04. The summed E-state index contributed by atoms with van der Waals surface area (Å²) in [6.45, 7) is 0. The number of thiophene rings is 1. The van der Waals surface area contributed by atoms with Gasteiger partial charge in [0.05, 0.1) is 22.6 Å². The van der Waals surface area contributed by atoms with Crippen molar-refractivity contribution in [3.63, 3.8) is 0 Å². The first-order chi connectivity index (χ1) is 15.1. The van der Waals surface area contributed by atoms with Gasteiger partial charge in [-0.3, -0.25) is 14.9 Å². The Hall–Kier alpha value is -4.04. The number of allylic oxidation sites excluding steroid dienone is 1. The van der Waals surface area contributed by atoms with Crippen LogP contribution in [0, 0.1) is 10.1 Å². The van der Waals surface area contributed by atoms with Crippen molar-refractivity contribution >= 4 is 28.9 Å². The number of ketones is 1. The molecule has 0 N–H and O–H groups in total. The number of benzene rings is 2. The molecule has 0 radical (unpaired) electrons. The van der Waals surface area contributed by atoms with Crippen LogP contribution in [-0.4, -0.2) is 27.6 Å². The number of nitro benzene ring substituents is 1. The van der Waals surface area contributed by atoms with Gasteiger partial charge in [-0.25, -0.2) is 4.68 Å². The molecule has 154 valence electrons. The van der Waals surface area contributed by atoms with Crippen LogP contribution in [0.3, 0.4) is 0 Å². The van der Waals surface area contributed by atoms with E-state index in [2.05, 4.69) is 5.10 Å². The first-order valence-corrected chi connectivity index (χ1v) is 10.2. The van der Waals surface area contributed by atoms with E-state index in [1.54, 1.807) is 35.2 Å². The van der Waals surface area contributed by atoms with Crippen molar-refractivity contribution in [2.24, 2.45) is 0 Å². The van der Waals surface area contributed by atoms with Gasteiger partial charge in [0.25, 0.3) is 0 Å². The van der Waals surface area contributed by atoms with Gasteiger partial charge in [-0.05, 0) is 47.9 Å². The molecule has 0 aliphatic heterocycles. The molecule has 31 heavy (non-hydrogen) atoms. The van der Waals surface area contributed by atoms with Gasteiger partial charge in [-0.15, -0.1) is 11.3 Å². The number of carbonyl (C=O) groups excluding carboxylic acids is 1. The van der Waals surface area contributed by atoms with Crippen LogP contribution in [0.1, 0.15) is 15.2 Å². The van der Waals surface area contributed by atoms with Crippen LogP contribution in [0.2, 0.25) is 0 Å². The van der Waals surface area contributed by atoms with E-state index in [1.165, 1.54) is 30.6 Å². The second-order valence-corrected chi connectivity index (χ2v) is 7.48. The Morgan fingerprint density at radius 3 is 2.65 bits per heavy atom. The van der Waals surface area contributed by atoms with E-state index < -0.39 is 4.92 Å². The lowest BCUT2D eigenvalue weighted by atomic mass is 10.1. The van der Waals surface area contributed by atoms with Crippen LogP contribution in [0.4, 0.5) is 5.69 Å². The molecule has 2 heterocycles. The fourth-order valence-corrected chi connectivity index (χ4v) is 3.74. The molecular weight excluding hydrogens is 414 g/mol. The SMILES string of the molecule is COc1ccc(-c2nn(-c3ccccc3)cc2/C=C\C(=O)c2cccs2)cc1[N+](=O)[O-]. The van der Waals surface area contributed by atoms with E-state index in [4.69, 9.17) is 4.74 Å². The normalized spacial score (nSPS) is 11.0. The zero-order valence-electron chi connectivity index (χ0n) is 16.5. The van der Waals surface area contributed by atoms with Crippen LogP contribution in [0.5, 0.6) is 5.75 Å². The molecule has 0 aliphatic carbocycles. The number of hydrogen-bond donors (Lipinski definition) is 0.